The molecular formula is C6H10O3S. The van der Waals surface area contributed by atoms with Crippen LogP contribution in [0.3, 0.4) is 0 Å². The van der Waals surface area contributed by atoms with Gasteiger partial charge < -0.3 is 0 Å². The van der Waals surface area contributed by atoms with Crippen LogP contribution in [0, 0.1) is 0 Å². The second-order valence-electron chi connectivity index (χ2n) is 1.77. The number of rotatable bonds is 3. The van der Waals surface area contributed by atoms with Crippen molar-refractivity contribution in [1.29, 1.82) is 0 Å². The Bertz CT molecular complexity index is 236. The van der Waals surface area contributed by atoms with Gasteiger partial charge in [0.25, 0.3) is 10.1 Å². The van der Waals surface area contributed by atoms with Crippen LogP contribution in [0.5, 0.6) is 0 Å². The molecule has 1 N–H and O–H groups in total. The van der Waals surface area contributed by atoms with Gasteiger partial charge in [-0.25, -0.2) is 0 Å². The molecule has 0 aliphatic carbocycles. The molecule has 0 unspecified atom stereocenters. The van der Waals surface area contributed by atoms with Gasteiger partial charge in [0.1, 0.15) is 0 Å². The SMILES string of the molecule is C=CC(=CS(=O)(=O)O)CC. The molecule has 0 aromatic carbocycles. The van der Waals surface area contributed by atoms with Crippen molar-refractivity contribution in [2.75, 3.05) is 0 Å². The zero-order chi connectivity index (χ0) is 8.20. The number of allylic oxidation sites excluding steroid dienone is 2. The van der Waals surface area contributed by atoms with E-state index in [1.165, 1.54) is 6.08 Å². The van der Waals surface area contributed by atoms with Gasteiger partial charge in [-0.1, -0.05) is 19.6 Å². The molecule has 58 valence electrons. The maximum absolute atomic E-state index is 10.2. The van der Waals surface area contributed by atoms with Gasteiger partial charge in [-0.2, -0.15) is 8.42 Å². The van der Waals surface area contributed by atoms with E-state index in [-0.39, 0.29) is 0 Å². The zero-order valence-corrected chi connectivity index (χ0v) is 6.56. The first-order chi connectivity index (χ1) is 4.49. The van der Waals surface area contributed by atoms with E-state index >= 15 is 0 Å². The van der Waals surface area contributed by atoms with Crippen LogP contribution in [0.4, 0.5) is 0 Å². The molecule has 4 heteroatoms. The van der Waals surface area contributed by atoms with Crippen molar-refractivity contribution in [3.63, 3.8) is 0 Å². The van der Waals surface area contributed by atoms with Gasteiger partial charge in [-0.05, 0) is 12.0 Å². The molecule has 3 nitrogen and oxygen atoms in total. The molecule has 0 fully saturated rings. The molecule has 0 saturated heterocycles. The molecule has 0 aliphatic heterocycles. The largest absolute Gasteiger partial charge is 0.287 e. The highest BCUT2D eigenvalue weighted by Gasteiger charge is 1.98. The second kappa shape index (κ2) is 3.53. The fourth-order valence-electron chi connectivity index (χ4n) is 0.467. The van der Waals surface area contributed by atoms with Crippen molar-refractivity contribution in [1.82, 2.24) is 0 Å². The van der Waals surface area contributed by atoms with Gasteiger partial charge >= 0.3 is 0 Å². The topological polar surface area (TPSA) is 54.4 Å². The van der Waals surface area contributed by atoms with E-state index in [2.05, 4.69) is 6.58 Å². The molecule has 0 spiro atoms. The van der Waals surface area contributed by atoms with Gasteiger partial charge in [0.2, 0.25) is 0 Å². The first-order valence-corrected chi connectivity index (χ1v) is 4.30. The van der Waals surface area contributed by atoms with E-state index in [0.29, 0.717) is 12.0 Å². The highest BCUT2D eigenvalue weighted by atomic mass is 32.2. The van der Waals surface area contributed by atoms with E-state index < -0.39 is 10.1 Å². The van der Waals surface area contributed by atoms with Crippen LogP contribution < -0.4 is 0 Å². The number of hydrogen-bond donors (Lipinski definition) is 1. The summed E-state index contributed by atoms with van der Waals surface area (Å²) in [5.74, 6) is 0. The minimum Gasteiger partial charge on any atom is -0.282 e. The van der Waals surface area contributed by atoms with E-state index in [0.717, 1.165) is 5.41 Å². The van der Waals surface area contributed by atoms with Crippen molar-refractivity contribution < 1.29 is 13.0 Å². The normalized spacial score (nSPS) is 13.2. The average Bonchev–Trinajstić information content (AvgIpc) is 1.81. The Balaban J connectivity index is 4.58. The summed E-state index contributed by atoms with van der Waals surface area (Å²) >= 11 is 0. The Labute approximate surface area is 60.8 Å². The van der Waals surface area contributed by atoms with Gasteiger partial charge in [-0.15, -0.1) is 0 Å². The van der Waals surface area contributed by atoms with E-state index in [9.17, 15) is 8.42 Å². The highest BCUT2D eigenvalue weighted by Crippen LogP contribution is 2.03. The lowest BCUT2D eigenvalue weighted by Gasteiger charge is -1.92. The molecule has 0 heterocycles. The minimum absolute atomic E-state index is 0.502. The Kier molecular flexibility index (Phi) is 3.32. The van der Waals surface area contributed by atoms with Crippen LogP contribution in [-0.4, -0.2) is 13.0 Å². The Hall–Kier alpha value is -0.610. The second-order valence-corrected chi connectivity index (χ2v) is 3.03. The quantitative estimate of drug-likeness (QED) is 0.503. The molecule has 0 amide bonds. The van der Waals surface area contributed by atoms with Gasteiger partial charge in [0, 0.05) is 0 Å². The molecule has 0 bridgehead atoms. The first kappa shape index (κ1) is 9.39. The predicted octanol–water partition coefficient (Wildman–Crippen LogP) is 1.35. The maximum Gasteiger partial charge on any atom is 0.287 e. The van der Waals surface area contributed by atoms with Crippen LogP contribution in [0.25, 0.3) is 0 Å². The summed E-state index contributed by atoms with van der Waals surface area (Å²) < 4.78 is 28.7. The van der Waals surface area contributed by atoms with Crippen LogP contribution in [0.15, 0.2) is 23.6 Å². The predicted molar refractivity (Wildman–Crippen MR) is 40.1 cm³/mol. The molecule has 0 aliphatic rings. The van der Waals surface area contributed by atoms with Crippen molar-refractivity contribution in [3.05, 3.63) is 23.6 Å². The molecule has 10 heavy (non-hydrogen) atoms. The molecule has 0 rings (SSSR count). The molecular weight excluding hydrogens is 152 g/mol. The lowest BCUT2D eigenvalue weighted by Crippen LogP contribution is -1.91. The summed E-state index contributed by atoms with van der Waals surface area (Å²) in [4.78, 5) is 0. The lowest BCUT2D eigenvalue weighted by molar-refractivity contribution is 0.494. The van der Waals surface area contributed by atoms with E-state index in [1.54, 1.807) is 6.92 Å². The lowest BCUT2D eigenvalue weighted by atomic mass is 10.2. The van der Waals surface area contributed by atoms with E-state index in [1.807, 2.05) is 0 Å². The van der Waals surface area contributed by atoms with Crippen molar-refractivity contribution in [3.8, 4) is 0 Å². The van der Waals surface area contributed by atoms with Crippen LogP contribution in [-0.2, 0) is 10.1 Å². The molecule has 0 atom stereocenters. The monoisotopic (exact) mass is 162 g/mol. The van der Waals surface area contributed by atoms with Crippen molar-refractivity contribution in [2.24, 2.45) is 0 Å². The summed E-state index contributed by atoms with van der Waals surface area (Å²) in [7, 11) is -3.98. The van der Waals surface area contributed by atoms with Crippen molar-refractivity contribution >= 4 is 10.1 Å². The minimum atomic E-state index is -3.98. The van der Waals surface area contributed by atoms with E-state index in [4.69, 9.17) is 4.55 Å². The third-order valence-electron chi connectivity index (χ3n) is 0.971. The van der Waals surface area contributed by atoms with Crippen LogP contribution in [0.1, 0.15) is 13.3 Å². The maximum atomic E-state index is 10.2. The van der Waals surface area contributed by atoms with Gasteiger partial charge in [0.15, 0.2) is 0 Å². The van der Waals surface area contributed by atoms with Crippen LogP contribution in [0.2, 0.25) is 0 Å². The smallest absolute Gasteiger partial charge is 0.282 e. The average molecular weight is 162 g/mol. The molecule has 0 aromatic heterocycles. The van der Waals surface area contributed by atoms with Gasteiger partial charge in [0.05, 0.1) is 5.41 Å². The summed E-state index contributed by atoms with van der Waals surface area (Å²) in [5.41, 5.74) is 0.502. The summed E-state index contributed by atoms with van der Waals surface area (Å²) in [5, 5.41) is 0.792. The molecule has 0 saturated carbocycles. The standard InChI is InChI=1S/C6H10O3S/c1-3-6(4-2)5-10(7,8)9/h3,5H,1,4H2,2H3,(H,7,8,9). The Morgan fingerprint density at radius 1 is 1.70 bits per heavy atom. The molecule has 0 aromatic rings. The number of hydrogen-bond acceptors (Lipinski definition) is 2. The fourth-order valence-corrected chi connectivity index (χ4v) is 1.11. The highest BCUT2D eigenvalue weighted by molar-refractivity contribution is 7.88. The third kappa shape index (κ3) is 4.29. The molecule has 0 radical (unpaired) electrons. The zero-order valence-electron chi connectivity index (χ0n) is 5.74. The first-order valence-electron chi connectivity index (χ1n) is 2.80. The van der Waals surface area contributed by atoms with Crippen molar-refractivity contribution in [2.45, 2.75) is 13.3 Å². The van der Waals surface area contributed by atoms with Gasteiger partial charge in [-0.3, -0.25) is 4.55 Å². The summed E-state index contributed by atoms with van der Waals surface area (Å²) in [6, 6.07) is 0. The summed E-state index contributed by atoms with van der Waals surface area (Å²) in [6.07, 6.45) is 1.94. The Morgan fingerprint density at radius 2 is 2.20 bits per heavy atom. The summed E-state index contributed by atoms with van der Waals surface area (Å²) in [6.45, 7) is 5.15. The van der Waals surface area contributed by atoms with Crippen LogP contribution >= 0.6 is 0 Å². The fraction of sp³-hybridized carbons (Fsp3) is 0.333. The third-order valence-corrected chi connectivity index (χ3v) is 1.57. The Morgan fingerprint density at radius 3 is 2.30 bits per heavy atom.